The summed E-state index contributed by atoms with van der Waals surface area (Å²) in [5, 5.41) is 9.22. The van der Waals surface area contributed by atoms with Gasteiger partial charge in [0.1, 0.15) is 0 Å². The molecular formula is C14H28N2O. The fourth-order valence-electron chi connectivity index (χ4n) is 3.20. The van der Waals surface area contributed by atoms with Gasteiger partial charge in [0.2, 0.25) is 0 Å². The van der Waals surface area contributed by atoms with Crippen molar-refractivity contribution in [3.8, 4) is 0 Å². The van der Waals surface area contributed by atoms with Crippen molar-refractivity contribution in [1.29, 1.82) is 0 Å². The van der Waals surface area contributed by atoms with E-state index in [1.165, 1.54) is 64.8 Å². The van der Waals surface area contributed by atoms with E-state index >= 15 is 0 Å². The lowest BCUT2D eigenvalue weighted by atomic mass is 9.99. The number of unbranched alkanes of at least 4 members (excludes halogenated alkanes) is 1. The van der Waals surface area contributed by atoms with Crippen LogP contribution in [0.15, 0.2) is 0 Å². The molecule has 2 unspecified atom stereocenters. The van der Waals surface area contributed by atoms with Crippen molar-refractivity contribution in [1.82, 2.24) is 9.80 Å². The summed E-state index contributed by atoms with van der Waals surface area (Å²) in [6.07, 6.45) is 7.50. The SMILES string of the molecule is CC(O)CCCCN1CCN2CCCCC2C1. The van der Waals surface area contributed by atoms with Gasteiger partial charge in [0.15, 0.2) is 0 Å². The molecule has 0 aromatic carbocycles. The molecule has 0 radical (unpaired) electrons. The predicted molar refractivity (Wildman–Crippen MR) is 71.2 cm³/mol. The van der Waals surface area contributed by atoms with Gasteiger partial charge in [0.05, 0.1) is 6.10 Å². The van der Waals surface area contributed by atoms with Crippen LogP contribution in [-0.4, -0.2) is 59.8 Å². The molecule has 2 heterocycles. The smallest absolute Gasteiger partial charge is 0.0512 e. The van der Waals surface area contributed by atoms with Gasteiger partial charge in [-0.05, 0) is 52.1 Å². The van der Waals surface area contributed by atoms with E-state index < -0.39 is 0 Å². The first kappa shape index (κ1) is 13.3. The number of piperidine rings is 1. The molecule has 0 spiro atoms. The summed E-state index contributed by atoms with van der Waals surface area (Å²) < 4.78 is 0. The van der Waals surface area contributed by atoms with Crippen LogP contribution in [0.4, 0.5) is 0 Å². The quantitative estimate of drug-likeness (QED) is 0.741. The number of piperazine rings is 1. The lowest BCUT2D eigenvalue weighted by molar-refractivity contribution is 0.0481. The Hall–Kier alpha value is -0.120. The van der Waals surface area contributed by atoms with Gasteiger partial charge < -0.3 is 10.0 Å². The first-order chi connectivity index (χ1) is 8.25. The highest BCUT2D eigenvalue weighted by Gasteiger charge is 2.28. The van der Waals surface area contributed by atoms with E-state index in [9.17, 15) is 5.11 Å². The highest BCUT2D eigenvalue weighted by atomic mass is 16.3. The zero-order valence-electron chi connectivity index (χ0n) is 11.3. The van der Waals surface area contributed by atoms with E-state index in [1.807, 2.05) is 6.92 Å². The van der Waals surface area contributed by atoms with Crippen LogP contribution in [-0.2, 0) is 0 Å². The number of hydrogen-bond donors (Lipinski definition) is 1. The topological polar surface area (TPSA) is 26.7 Å². The highest BCUT2D eigenvalue weighted by molar-refractivity contribution is 4.84. The number of rotatable bonds is 5. The second-order valence-corrected chi connectivity index (χ2v) is 5.83. The van der Waals surface area contributed by atoms with E-state index in [4.69, 9.17) is 0 Å². The van der Waals surface area contributed by atoms with Gasteiger partial charge in [-0.1, -0.05) is 6.42 Å². The summed E-state index contributed by atoms with van der Waals surface area (Å²) in [6.45, 7) is 8.28. The maximum absolute atomic E-state index is 9.22. The first-order valence-electron chi connectivity index (χ1n) is 7.40. The normalized spacial score (nSPS) is 28.9. The van der Waals surface area contributed by atoms with Crippen molar-refractivity contribution in [3.63, 3.8) is 0 Å². The maximum Gasteiger partial charge on any atom is 0.0512 e. The molecule has 2 rings (SSSR count). The lowest BCUT2D eigenvalue weighted by Gasteiger charge is -2.44. The fraction of sp³-hybridized carbons (Fsp3) is 1.00. The van der Waals surface area contributed by atoms with Crippen LogP contribution in [0.5, 0.6) is 0 Å². The number of aliphatic hydroxyl groups is 1. The van der Waals surface area contributed by atoms with Crippen LogP contribution in [0.3, 0.4) is 0 Å². The Morgan fingerprint density at radius 3 is 2.88 bits per heavy atom. The zero-order chi connectivity index (χ0) is 12.1. The first-order valence-corrected chi connectivity index (χ1v) is 7.40. The molecule has 0 aromatic heterocycles. The van der Waals surface area contributed by atoms with Crippen molar-refractivity contribution < 1.29 is 5.11 Å². The maximum atomic E-state index is 9.22. The Kier molecular flexibility index (Phi) is 5.26. The third-order valence-corrected chi connectivity index (χ3v) is 4.27. The molecule has 17 heavy (non-hydrogen) atoms. The van der Waals surface area contributed by atoms with Crippen LogP contribution < -0.4 is 0 Å². The minimum atomic E-state index is -0.120. The monoisotopic (exact) mass is 240 g/mol. The number of nitrogens with zero attached hydrogens (tertiary/aromatic N) is 2. The summed E-state index contributed by atoms with van der Waals surface area (Å²) in [4.78, 5) is 5.32. The van der Waals surface area contributed by atoms with Gasteiger partial charge >= 0.3 is 0 Å². The molecule has 0 bridgehead atoms. The Labute approximate surface area is 106 Å². The zero-order valence-corrected chi connectivity index (χ0v) is 11.3. The molecule has 0 amide bonds. The van der Waals surface area contributed by atoms with Crippen LogP contribution in [0.1, 0.15) is 45.4 Å². The Bertz CT molecular complexity index is 220. The van der Waals surface area contributed by atoms with Gasteiger partial charge in [0.25, 0.3) is 0 Å². The summed E-state index contributed by atoms with van der Waals surface area (Å²) in [7, 11) is 0. The Morgan fingerprint density at radius 1 is 1.18 bits per heavy atom. The van der Waals surface area contributed by atoms with E-state index in [0.29, 0.717) is 0 Å². The van der Waals surface area contributed by atoms with Crippen molar-refractivity contribution in [2.24, 2.45) is 0 Å². The number of hydrogen-bond acceptors (Lipinski definition) is 3. The highest BCUT2D eigenvalue weighted by Crippen LogP contribution is 2.21. The van der Waals surface area contributed by atoms with Crippen molar-refractivity contribution >= 4 is 0 Å². The molecule has 100 valence electrons. The van der Waals surface area contributed by atoms with Crippen molar-refractivity contribution in [2.75, 3.05) is 32.7 Å². The Morgan fingerprint density at radius 2 is 2.06 bits per heavy atom. The Balaban J connectivity index is 1.62. The van der Waals surface area contributed by atoms with Gasteiger partial charge in [-0.25, -0.2) is 0 Å². The van der Waals surface area contributed by atoms with Crippen LogP contribution in [0, 0.1) is 0 Å². The second-order valence-electron chi connectivity index (χ2n) is 5.83. The molecule has 0 aliphatic carbocycles. The molecule has 3 nitrogen and oxygen atoms in total. The van der Waals surface area contributed by atoms with Gasteiger partial charge in [0, 0.05) is 25.7 Å². The van der Waals surface area contributed by atoms with E-state index in [1.54, 1.807) is 0 Å². The summed E-state index contributed by atoms with van der Waals surface area (Å²) in [6, 6.07) is 0.842. The number of fused-ring (bicyclic) bond motifs is 1. The molecule has 2 saturated heterocycles. The predicted octanol–water partition coefficient (Wildman–Crippen LogP) is 1.71. The number of aliphatic hydroxyl groups excluding tert-OH is 1. The molecule has 2 atom stereocenters. The fourth-order valence-corrected chi connectivity index (χ4v) is 3.20. The van der Waals surface area contributed by atoms with Gasteiger partial charge in [-0.15, -0.1) is 0 Å². The molecule has 2 aliphatic heterocycles. The second kappa shape index (κ2) is 6.72. The summed E-state index contributed by atoms with van der Waals surface area (Å²) >= 11 is 0. The minimum absolute atomic E-state index is 0.120. The molecule has 0 saturated carbocycles. The molecule has 2 aliphatic rings. The third-order valence-electron chi connectivity index (χ3n) is 4.27. The lowest BCUT2D eigenvalue weighted by Crippen LogP contribution is -2.54. The van der Waals surface area contributed by atoms with Gasteiger partial charge in [-0.3, -0.25) is 4.90 Å². The van der Waals surface area contributed by atoms with Crippen LogP contribution in [0.25, 0.3) is 0 Å². The van der Waals surface area contributed by atoms with Crippen molar-refractivity contribution in [3.05, 3.63) is 0 Å². The van der Waals surface area contributed by atoms with Gasteiger partial charge in [-0.2, -0.15) is 0 Å². The molecule has 2 fully saturated rings. The van der Waals surface area contributed by atoms with Crippen LogP contribution in [0.2, 0.25) is 0 Å². The van der Waals surface area contributed by atoms with Crippen molar-refractivity contribution in [2.45, 2.75) is 57.6 Å². The molecular weight excluding hydrogens is 212 g/mol. The van der Waals surface area contributed by atoms with E-state index in [0.717, 1.165) is 12.5 Å². The average Bonchev–Trinajstić information content (AvgIpc) is 2.34. The average molecular weight is 240 g/mol. The summed E-state index contributed by atoms with van der Waals surface area (Å²) in [5.41, 5.74) is 0. The van der Waals surface area contributed by atoms with Crippen LogP contribution >= 0.6 is 0 Å². The minimum Gasteiger partial charge on any atom is -0.393 e. The van der Waals surface area contributed by atoms with E-state index in [2.05, 4.69) is 9.80 Å². The molecule has 0 aromatic rings. The largest absolute Gasteiger partial charge is 0.393 e. The molecule has 1 N–H and O–H groups in total. The third kappa shape index (κ3) is 4.23. The standard InChI is InChI=1S/C14H28N2O/c1-13(17)6-2-4-8-15-10-11-16-9-5-3-7-14(16)12-15/h13-14,17H,2-12H2,1H3. The van der Waals surface area contributed by atoms with E-state index in [-0.39, 0.29) is 6.10 Å². The summed E-state index contributed by atoms with van der Waals surface area (Å²) in [5.74, 6) is 0. The molecule has 3 heteroatoms.